The Labute approximate surface area is 103 Å². The summed E-state index contributed by atoms with van der Waals surface area (Å²) in [6.07, 6.45) is -9.01. The van der Waals surface area contributed by atoms with Gasteiger partial charge < -0.3 is 5.73 Å². The molecule has 1 unspecified atom stereocenters. The maximum Gasteiger partial charge on any atom is 0.417 e. The van der Waals surface area contributed by atoms with E-state index >= 15 is 0 Å². The maximum absolute atomic E-state index is 12.6. The fraction of sp³-hybridized carbons (Fsp3) is 0.400. The van der Waals surface area contributed by atoms with Crippen molar-refractivity contribution >= 4 is 5.78 Å². The van der Waals surface area contributed by atoms with Gasteiger partial charge in [-0.15, -0.1) is 0 Å². The van der Waals surface area contributed by atoms with E-state index in [0.29, 0.717) is 19.2 Å². The molecule has 3 nitrogen and oxygen atoms in total. The van der Waals surface area contributed by atoms with Gasteiger partial charge in [-0.25, -0.2) is 0 Å². The molecular formula is C10H8F6N2O. The van der Waals surface area contributed by atoms with Crippen LogP contribution in [0.5, 0.6) is 0 Å². The van der Waals surface area contributed by atoms with Crippen molar-refractivity contribution in [1.82, 2.24) is 4.98 Å². The molecule has 1 rings (SSSR count). The molecule has 0 aromatic carbocycles. The first kappa shape index (κ1) is 15.4. The predicted molar refractivity (Wildman–Crippen MR) is 52.2 cm³/mol. The number of hydrogen-bond donors (Lipinski definition) is 1. The molecule has 1 aromatic rings. The average Bonchev–Trinajstić information content (AvgIpc) is 2.25. The van der Waals surface area contributed by atoms with Crippen LogP contribution in [0.15, 0.2) is 18.5 Å². The molecule has 0 bridgehead atoms. The molecule has 1 heterocycles. The predicted octanol–water partition coefficient (Wildman–Crippen LogP) is 2.56. The van der Waals surface area contributed by atoms with E-state index in [2.05, 4.69) is 4.98 Å². The largest absolute Gasteiger partial charge is 0.417 e. The van der Waals surface area contributed by atoms with Crippen LogP contribution in [-0.2, 0) is 6.18 Å². The van der Waals surface area contributed by atoms with Crippen LogP contribution >= 0.6 is 0 Å². The lowest BCUT2D eigenvalue weighted by Gasteiger charge is -2.26. The zero-order valence-corrected chi connectivity index (χ0v) is 9.43. The second-order valence-electron chi connectivity index (χ2n) is 3.95. The van der Waals surface area contributed by atoms with Gasteiger partial charge in [0, 0.05) is 12.4 Å². The van der Waals surface area contributed by atoms with E-state index in [0.717, 1.165) is 6.20 Å². The molecule has 19 heavy (non-hydrogen) atoms. The number of Topliss-reactive ketones (excluding diaryl/α,β-unsaturated/α-hetero) is 1. The SMILES string of the molecule is CC(N)(C(=O)c1cnccc1C(F)(F)F)C(F)(F)F. The highest BCUT2D eigenvalue weighted by Crippen LogP contribution is 2.36. The van der Waals surface area contributed by atoms with E-state index in [1.54, 1.807) is 0 Å². The van der Waals surface area contributed by atoms with Crippen molar-refractivity contribution in [3.05, 3.63) is 29.6 Å². The second-order valence-corrected chi connectivity index (χ2v) is 3.95. The van der Waals surface area contributed by atoms with Crippen molar-refractivity contribution in [2.45, 2.75) is 24.8 Å². The lowest BCUT2D eigenvalue weighted by molar-refractivity contribution is -0.166. The Hall–Kier alpha value is -1.64. The molecule has 106 valence electrons. The zero-order chi connectivity index (χ0) is 15.1. The number of carbonyl (C=O) groups is 1. The number of nitrogens with two attached hydrogens (primary N) is 1. The number of alkyl halides is 6. The first-order valence-corrected chi connectivity index (χ1v) is 4.80. The van der Waals surface area contributed by atoms with Gasteiger partial charge >= 0.3 is 12.4 Å². The molecule has 0 aliphatic rings. The summed E-state index contributed by atoms with van der Waals surface area (Å²) in [5, 5.41) is 0. The molecule has 0 saturated heterocycles. The van der Waals surface area contributed by atoms with Crippen molar-refractivity contribution in [3.63, 3.8) is 0 Å². The lowest BCUT2D eigenvalue weighted by atomic mass is 9.90. The maximum atomic E-state index is 12.6. The van der Waals surface area contributed by atoms with Gasteiger partial charge in [0.15, 0.2) is 11.3 Å². The molecule has 0 fully saturated rings. The van der Waals surface area contributed by atoms with Crippen molar-refractivity contribution in [1.29, 1.82) is 0 Å². The molecule has 1 atom stereocenters. The highest BCUT2D eigenvalue weighted by molar-refractivity contribution is 6.04. The van der Waals surface area contributed by atoms with Crippen LogP contribution in [0.4, 0.5) is 26.3 Å². The van der Waals surface area contributed by atoms with Crippen molar-refractivity contribution in [2.75, 3.05) is 0 Å². The minimum absolute atomic E-state index is 0.308. The number of carbonyl (C=O) groups excluding carboxylic acids is 1. The molecular weight excluding hydrogens is 278 g/mol. The average molecular weight is 286 g/mol. The lowest BCUT2D eigenvalue weighted by Crippen LogP contribution is -2.57. The first-order chi connectivity index (χ1) is 8.39. The minimum atomic E-state index is -5.18. The van der Waals surface area contributed by atoms with E-state index in [4.69, 9.17) is 5.73 Å². The van der Waals surface area contributed by atoms with Crippen molar-refractivity contribution < 1.29 is 31.1 Å². The Morgan fingerprint density at radius 3 is 2.16 bits per heavy atom. The Bertz CT molecular complexity index is 492. The summed E-state index contributed by atoms with van der Waals surface area (Å²) < 4.78 is 75.4. The van der Waals surface area contributed by atoms with E-state index in [1.807, 2.05) is 0 Å². The Morgan fingerprint density at radius 1 is 1.21 bits per heavy atom. The molecule has 0 aliphatic carbocycles. The van der Waals surface area contributed by atoms with Gasteiger partial charge in [0.25, 0.3) is 0 Å². The highest BCUT2D eigenvalue weighted by atomic mass is 19.4. The summed E-state index contributed by atoms with van der Waals surface area (Å²) in [6.45, 7) is 0.308. The van der Waals surface area contributed by atoms with Gasteiger partial charge in [-0.3, -0.25) is 9.78 Å². The summed E-state index contributed by atoms with van der Waals surface area (Å²) >= 11 is 0. The number of halogens is 6. The summed E-state index contributed by atoms with van der Waals surface area (Å²) in [5.41, 5.74) is -1.33. The van der Waals surface area contributed by atoms with Gasteiger partial charge in [0.05, 0.1) is 11.1 Å². The van der Waals surface area contributed by atoms with Crippen LogP contribution in [0, 0.1) is 0 Å². The fourth-order valence-corrected chi connectivity index (χ4v) is 1.23. The molecule has 1 aromatic heterocycles. The topological polar surface area (TPSA) is 56.0 Å². The van der Waals surface area contributed by atoms with Crippen LogP contribution in [0.2, 0.25) is 0 Å². The van der Waals surface area contributed by atoms with Crippen molar-refractivity contribution in [3.8, 4) is 0 Å². The van der Waals surface area contributed by atoms with E-state index in [-0.39, 0.29) is 0 Å². The van der Waals surface area contributed by atoms with E-state index < -0.39 is 34.8 Å². The second kappa shape index (κ2) is 4.48. The van der Waals surface area contributed by atoms with Crippen LogP contribution < -0.4 is 5.73 Å². The summed E-state index contributed by atoms with van der Waals surface area (Å²) in [7, 11) is 0. The number of aromatic nitrogens is 1. The normalized spacial score (nSPS) is 16.0. The van der Waals surface area contributed by atoms with Gasteiger partial charge in [0.1, 0.15) is 0 Å². The molecule has 0 aliphatic heterocycles. The van der Waals surface area contributed by atoms with Gasteiger partial charge in [-0.1, -0.05) is 0 Å². The van der Waals surface area contributed by atoms with E-state index in [9.17, 15) is 31.1 Å². The fourth-order valence-electron chi connectivity index (χ4n) is 1.23. The third kappa shape index (κ3) is 2.86. The standard InChI is InChI=1S/C10H8F6N2O/c1-8(17,10(14,15)16)7(19)5-4-18-3-2-6(5)9(11,12)13/h2-4H,17H2,1H3. The smallest absolute Gasteiger partial charge is 0.311 e. The molecule has 0 spiro atoms. The van der Waals surface area contributed by atoms with Gasteiger partial charge in [-0.2, -0.15) is 26.3 Å². The minimum Gasteiger partial charge on any atom is -0.311 e. The monoisotopic (exact) mass is 286 g/mol. The summed E-state index contributed by atoms with van der Waals surface area (Å²) in [6, 6.07) is 0.416. The van der Waals surface area contributed by atoms with Crippen LogP contribution in [0.3, 0.4) is 0 Å². The summed E-state index contributed by atoms with van der Waals surface area (Å²) in [4.78, 5) is 14.8. The van der Waals surface area contributed by atoms with E-state index in [1.165, 1.54) is 0 Å². The molecule has 2 N–H and O–H groups in total. The molecule has 9 heteroatoms. The highest BCUT2D eigenvalue weighted by Gasteiger charge is 2.55. The first-order valence-electron chi connectivity index (χ1n) is 4.80. The van der Waals surface area contributed by atoms with Crippen LogP contribution in [0.1, 0.15) is 22.8 Å². The van der Waals surface area contributed by atoms with Gasteiger partial charge in [0.2, 0.25) is 0 Å². The molecule has 0 amide bonds. The van der Waals surface area contributed by atoms with Crippen LogP contribution in [-0.4, -0.2) is 22.5 Å². The van der Waals surface area contributed by atoms with Crippen molar-refractivity contribution in [2.24, 2.45) is 5.73 Å². The third-order valence-corrected chi connectivity index (χ3v) is 2.43. The van der Waals surface area contributed by atoms with Crippen LogP contribution in [0.25, 0.3) is 0 Å². The summed E-state index contributed by atoms with van der Waals surface area (Å²) in [5.74, 6) is -1.89. The number of nitrogens with zero attached hydrogens (tertiary/aromatic N) is 1. The number of pyridine rings is 1. The number of rotatable bonds is 2. The zero-order valence-electron chi connectivity index (χ0n) is 9.43. The van der Waals surface area contributed by atoms with Gasteiger partial charge in [-0.05, 0) is 13.0 Å². The Morgan fingerprint density at radius 2 is 1.74 bits per heavy atom. The third-order valence-electron chi connectivity index (χ3n) is 2.43. The molecule has 0 saturated carbocycles. The Kier molecular flexibility index (Phi) is 3.63. The number of hydrogen-bond acceptors (Lipinski definition) is 3. The Balaban J connectivity index is 3.37. The molecule has 0 radical (unpaired) electrons. The number of ketones is 1. The quantitative estimate of drug-likeness (QED) is 0.671.